The number of hydrogen-bond acceptors (Lipinski definition) is 6. The number of hydrogen-bond donors (Lipinski definition) is 1. The molecule has 35 heavy (non-hydrogen) atoms. The van der Waals surface area contributed by atoms with E-state index in [0.717, 1.165) is 64.3 Å². The molecule has 2 aliphatic heterocycles. The maximum absolute atomic E-state index is 12.5. The first-order valence-corrected chi connectivity index (χ1v) is 11.8. The minimum absolute atomic E-state index is 0.0767. The second-order valence-electron chi connectivity index (χ2n) is 8.98. The molecule has 1 fully saturated rings. The molecule has 2 heterocycles. The van der Waals surface area contributed by atoms with Gasteiger partial charge in [0.1, 0.15) is 0 Å². The molecule has 0 saturated carbocycles. The van der Waals surface area contributed by atoms with E-state index in [0.29, 0.717) is 24.9 Å². The predicted molar refractivity (Wildman–Crippen MR) is 127 cm³/mol. The summed E-state index contributed by atoms with van der Waals surface area (Å²) < 4.78 is 31.7. The number of carboxylic acids is 1. The molecule has 1 aromatic carbocycles. The second-order valence-corrected chi connectivity index (χ2v) is 8.98. The van der Waals surface area contributed by atoms with Crippen LogP contribution in [0.3, 0.4) is 0 Å². The Bertz CT molecular complexity index is 855. The molecule has 1 N–H and O–H groups in total. The minimum Gasteiger partial charge on any atom is -0.475 e. The fourth-order valence-electron chi connectivity index (χ4n) is 4.00. The van der Waals surface area contributed by atoms with Crippen LogP contribution < -0.4 is 4.90 Å². The molecule has 0 aromatic heterocycles. The maximum Gasteiger partial charge on any atom is 0.490 e. The highest BCUT2D eigenvalue weighted by Crippen LogP contribution is 2.27. The average Bonchev–Trinajstić information content (AvgIpc) is 2.92. The third-order valence-electron chi connectivity index (χ3n) is 6.04. The highest BCUT2D eigenvalue weighted by molar-refractivity contribution is 6.10. The maximum atomic E-state index is 12.5. The van der Waals surface area contributed by atoms with E-state index in [1.807, 2.05) is 29.2 Å². The Labute approximate surface area is 204 Å². The van der Waals surface area contributed by atoms with Crippen molar-refractivity contribution < 1.29 is 32.7 Å². The van der Waals surface area contributed by atoms with E-state index in [9.17, 15) is 22.8 Å². The monoisotopic (exact) mass is 500 g/mol. The van der Waals surface area contributed by atoms with Crippen LogP contribution in [0.2, 0.25) is 0 Å². The molecule has 8 nitrogen and oxygen atoms in total. The zero-order valence-corrected chi connectivity index (χ0v) is 20.4. The Hall–Kier alpha value is -2.50. The average molecular weight is 501 g/mol. The molecule has 2 aliphatic rings. The molecule has 0 radical (unpaired) electrons. The van der Waals surface area contributed by atoms with Gasteiger partial charge in [-0.2, -0.15) is 13.2 Å². The Morgan fingerprint density at radius 1 is 0.943 bits per heavy atom. The lowest BCUT2D eigenvalue weighted by atomic mass is 10.1. The van der Waals surface area contributed by atoms with Gasteiger partial charge in [-0.15, -0.1) is 0 Å². The predicted octanol–water partition coefficient (Wildman–Crippen LogP) is 2.59. The number of Topliss-reactive ketones (excluding diaryl/α,β-unsaturated/α-hetero) is 1. The molecule has 196 valence electrons. The van der Waals surface area contributed by atoms with Crippen molar-refractivity contribution in [2.24, 2.45) is 0 Å². The zero-order chi connectivity index (χ0) is 26.0. The number of alkyl halides is 3. The standard InChI is InChI=1S/C22H34N4O2.C2HF3O2/c1-23(2)13-14-25-17-15-24(16-18-25)11-5-6-12-26-20-8-4-3-7-19(20)21(27)9-10-22(26)28;3-2(4,5)1(6)7/h3-4,7-8H,5-6,9-18H2,1-2H3;(H,6,7). The van der Waals surface area contributed by atoms with E-state index < -0.39 is 12.1 Å². The number of benzene rings is 1. The molecule has 1 amide bonds. The first-order valence-electron chi connectivity index (χ1n) is 11.8. The van der Waals surface area contributed by atoms with Crippen molar-refractivity contribution in [3.63, 3.8) is 0 Å². The summed E-state index contributed by atoms with van der Waals surface area (Å²) in [5.74, 6) is -2.60. The first-order chi connectivity index (χ1) is 16.5. The van der Waals surface area contributed by atoms with Gasteiger partial charge in [0.2, 0.25) is 5.91 Å². The number of carbonyl (C=O) groups excluding carboxylic acids is 2. The zero-order valence-electron chi connectivity index (χ0n) is 20.4. The van der Waals surface area contributed by atoms with Gasteiger partial charge in [0, 0.05) is 64.2 Å². The number of amides is 1. The fraction of sp³-hybridized carbons (Fsp3) is 0.625. The minimum atomic E-state index is -5.08. The lowest BCUT2D eigenvalue weighted by Crippen LogP contribution is -2.48. The van der Waals surface area contributed by atoms with E-state index >= 15 is 0 Å². The van der Waals surface area contributed by atoms with Gasteiger partial charge in [-0.05, 0) is 45.6 Å². The highest BCUT2D eigenvalue weighted by atomic mass is 19.4. The van der Waals surface area contributed by atoms with Crippen LogP contribution in [0, 0.1) is 0 Å². The third-order valence-corrected chi connectivity index (χ3v) is 6.04. The van der Waals surface area contributed by atoms with Gasteiger partial charge in [-0.3, -0.25) is 14.5 Å². The van der Waals surface area contributed by atoms with Crippen molar-refractivity contribution >= 4 is 23.3 Å². The van der Waals surface area contributed by atoms with Crippen LogP contribution in [0.5, 0.6) is 0 Å². The number of para-hydroxylation sites is 1. The Kier molecular flexibility index (Phi) is 11.1. The molecule has 0 aliphatic carbocycles. The van der Waals surface area contributed by atoms with Crippen molar-refractivity contribution in [1.82, 2.24) is 14.7 Å². The summed E-state index contributed by atoms with van der Waals surface area (Å²) in [6.45, 7) is 8.61. The Morgan fingerprint density at radius 2 is 1.49 bits per heavy atom. The Morgan fingerprint density at radius 3 is 2.06 bits per heavy atom. The largest absolute Gasteiger partial charge is 0.490 e. The van der Waals surface area contributed by atoms with Crippen LogP contribution in [0.15, 0.2) is 24.3 Å². The number of fused-ring (bicyclic) bond motifs is 1. The number of unbranched alkanes of at least 4 members (excludes halogenated alkanes) is 1. The van der Waals surface area contributed by atoms with E-state index in [2.05, 4.69) is 28.8 Å². The number of carbonyl (C=O) groups is 3. The fourth-order valence-corrected chi connectivity index (χ4v) is 4.00. The van der Waals surface area contributed by atoms with Crippen LogP contribution >= 0.6 is 0 Å². The number of piperazine rings is 1. The molecular formula is C24H35F3N4O4. The lowest BCUT2D eigenvalue weighted by molar-refractivity contribution is -0.192. The molecule has 0 atom stereocenters. The number of carboxylic acid groups (broad SMARTS) is 1. The van der Waals surface area contributed by atoms with Crippen LogP contribution in [-0.2, 0) is 9.59 Å². The number of aliphatic carboxylic acids is 1. The molecular weight excluding hydrogens is 465 g/mol. The summed E-state index contributed by atoms with van der Waals surface area (Å²) in [4.78, 5) is 42.8. The smallest absolute Gasteiger partial charge is 0.475 e. The van der Waals surface area contributed by atoms with Crippen LogP contribution in [0.25, 0.3) is 0 Å². The van der Waals surface area contributed by atoms with E-state index in [1.54, 1.807) is 0 Å². The van der Waals surface area contributed by atoms with Gasteiger partial charge in [0.15, 0.2) is 5.78 Å². The summed E-state index contributed by atoms with van der Waals surface area (Å²) in [6, 6.07) is 7.54. The van der Waals surface area contributed by atoms with E-state index in [4.69, 9.17) is 9.90 Å². The third kappa shape index (κ3) is 9.58. The van der Waals surface area contributed by atoms with Crippen LogP contribution in [-0.4, -0.2) is 110 Å². The van der Waals surface area contributed by atoms with Gasteiger partial charge >= 0.3 is 12.1 Å². The number of rotatable bonds is 8. The number of likely N-dealkylation sites (N-methyl/N-ethyl adjacent to an activating group) is 1. The van der Waals surface area contributed by atoms with Gasteiger partial charge in [0.05, 0.1) is 5.69 Å². The molecule has 3 rings (SSSR count). The number of anilines is 1. The number of nitrogens with zero attached hydrogens (tertiary/aromatic N) is 4. The van der Waals surface area contributed by atoms with Gasteiger partial charge in [-0.1, -0.05) is 12.1 Å². The summed E-state index contributed by atoms with van der Waals surface area (Å²) in [6.07, 6.45) is -2.39. The summed E-state index contributed by atoms with van der Waals surface area (Å²) >= 11 is 0. The number of ketones is 1. The molecule has 0 unspecified atom stereocenters. The van der Waals surface area contributed by atoms with Crippen LogP contribution in [0.1, 0.15) is 36.0 Å². The highest BCUT2D eigenvalue weighted by Gasteiger charge is 2.38. The molecule has 1 saturated heterocycles. The normalized spacial score (nSPS) is 17.6. The van der Waals surface area contributed by atoms with Crippen molar-refractivity contribution in [1.29, 1.82) is 0 Å². The first kappa shape index (κ1) is 28.7. The van der Waals surface area contributed by atoms with Crippen molar-refractivity contribution in [3.8, 4) is 0 Å². The number of halogens is 3. The SMILES string of the molecule is CN(C)CCN1CCN(CCCCN2C(=O)CCC(=O)c3ccccc32)CC1.O=C(O)C(F)(F)F. The van der Waals surface area contributed by atoms with Gasteiger partial charge in [0.25, 0.3) is 0 Å². The van der Waals surface area contributed by atoms with Crippen molar-refractivity contribution in [2.45, 2.75) is 31.9 Å². The second kappa shape index (κ2) is 13.6. The quantitative estimate of drug-likeness (QED) is 0.550. The molecule has 11 heteroatoms. The molecule has 0 bridgehead atoms. The van der Waals surface area contributed by atoms with Gasteiger partial charge < -0.3 is 19.8 Å². The van der Waals surface area contributed by atoms with E-state index in [1.165, 1.54) is 0 Å². The summed E-state index contributed by atoms with van der Waals surface area (Å²) in [7, 11) is 4.25. The van der Waals surface area contributed by atoms with E-state index in [-0.39, 0.29) is 11.7 Å². The van der Waals surface area contributed by atoms with Gasteiger partial charge in [-0.25, -0.2) is 4.79 Å². The summed E-state index contributed by atoms with van der Waals surface area (Å²) in [5.41, 5.74) is 1.49. The van der Waals surface area contributed by atoms with Crippen molar-refractivity contribution in [2.75, 3.05) is 71.4 Å². The molecule has 1 aromatic rings. The Balaban J connectivity index is 0.000000540. The van der Waals surface area contributed by atoms with Crippen molar-refractivity contribution in [3.05, 3.63) is 29.8 Å². The van der Waals surface area contributed by atoms with Crippen LogP contribution in [0.4, 0.5) is 18.9 Å². The molecule has 0 spiro atoms. The topological polar surface area (TPSA) is 84.4 Å². The lowest BCUT2D eigenvalue weighted by Gasteiger charge is -2.35. The summed E-state index contributed by atoms with van der Waals surface area (Å²) in [5, 5.41) is 7.12.